The number of likely N-dealkylation sites (N-methyl/N-ethyl adjacent to an activating group) is 1. The van der Waals surface area contributed by atoms with Gasteiger partial charge in [-0.25, -0.2) is 4.79 Å². The van der Waals surface area contributed by atoms with Crippen molar-refractivity contribution in [3.63, 3.8) is 0 Å². The number of para-hydroxylation sites is 1. The molecule has 1 atom stereocenters. The van der Waals surface area contributed by atoms with Crippen LogP contribution in [-0.4, -0.2) is 50.7 Å². The van der Waals surface area contributed by atoms with Gasteiger partial charge in [0, 0.05) is 19.1 Å². The van der Waals surface area contributed by atoms with Crippen molar-refractivity contribution in [3.8, 4) is 0 Å². The van der Waals surface area contributed by atoms with Crippen molar-refractivity contribution in [1.29, 1.82) is 0 Å². The normalized spacial score (nSPS) is 18.6. The third-order valence-corrected chi connectivity index (χ3v) is 3.77. The van der Waals surface area contributed by atoms with Gasteiger partial charge in [-0.3, -0.25) is 0 Å². The van der Waals surface area contributed by atoms with E-state index in [2.05, 4.69) is 23.9 Å². The molecule has 2 rings (SSSR count). The minimum absolute atomic E-state index is 0.303. The SMILES string of the molecule is CCOC(=O)c1cccc(N)c1N1CCC(N(C)C)C1. The monoisotopic (exact) mass is 277 g/mol. The van der Waals surface area contributed by atoms with E-state index in [1.807, 2.05) is 13.0 Å². The van der Waals surface area contributed by atoms with Crippen LogP contribution >= 0.6 is 0 Å². The molecular weight excluding hydrogens is 254 g/mol. The fraction of sp³-hybridized carbons (Fsp3) is 0.533. The van der Waals surface area contributed by atoms with Crippen LogP contribution in [0.1, 0.15) is 23.7 Å². The third kappa shape index (κ3) is 2.88. The number of esters is 1. The Bertz CT molecular complexity index is 488. The maximum Gasteiger partial charge on any atom is 0.340 e. The van der Waals surface area contributed by atoms with Gasteiger partial charge in [0.05, 0.1) is 23.5 Å². The second kappa shape index (κ2) is 6.13. The zero-order valence-electron chi connectivity index (χ0n) is 12.4. The summed E-state index contributed by atoms with van der Waals surface area (Å²) in [6.45, 7) is 3.96. The standard InChI is InChI=1S/C15H23N3O2/c1-4-20-15(19)12-6-5-7-13(16)14(12)18-9-8-11(10-18)17(2)3/h5-7,11H,4,8-10,16H2,1-3H3. The number of nitrogens with zero attached hydrogens (tertiary/aromatic N) is 2. The lowest BCUT2D eigenvalue weighted by atomic mass is 10.1. The van der Waals surface area contributed by atoms with E-state index in [4.69, 9.17) is 10.5 Å². The van der Waals surface area contributed by atoms with Crippen LogP contribution in [0.25, 0.3) is 0 Å². The van der Waals surface area contributed by atoms with Crippen LogP contribution in [-0.2, 0) is 4.74 Å². The fourth-order valence-corrected chi connectivity index (χ4v) is 2.65. The topological polar surface area (TPSA) is 58.8 Å². The fourth-order valence-electron chi connectivity index (χ4n) is 2.65. The highest BCUT2D eigenvalue weighted by Crippen LogP contribution is 2.32. The largest absolute Gasteiger partial charge is 0.462 e. The molecule has 1 aliphatic rings. The highest BCUT2D eigenvalue weighted by atomic mass is 16.5. The maximum atomic E-state index is 12.1. The van der Waals surface area contributed by atoms with Crippen molar-refractivity contribution in [2.24, 2.45) is 0 Å². The molecule has 1 aliphatic heterocycles. The van der Waals surface area contributed by atoms with E-state index in [1.165, 1.54) is 0 Å². The summed E-state index contributed by atoms with van der Waals surface area (Å²) in [6, 6.07) is 5.91. The molecule has 1 unspecified atom stereocenters. The number of nitrogen functional groups attached to an aromatic ring is 1. The molecule has 0 aromatic heterocycles. The molecule has 110 valence electrons. The molecule has 5 nitrogen and oxygen atoms in total. The van der Waals surface area contributed by atoms with Crippen molar-refractivity contribution in [2.75, 3.05) is 44.4 Å². The zero-order valence-corrected chi connectivity index (χ0v) is 12.4. The van der Waals surface area contributed by atoms with Crippen molar-refractivity contribution < 1.29 is 9.53 Å². The highest BCUT2D eigenvalue weighted by molar-refractivity contribution is 5.99. The summed E-state index contributed by atoms with van der Waals surface area (Å²) in [4.78, 5) is 16.5. The second-order valence-electron chi connectivity index (χ2n) is 5.32. The van der Waals surface area contributed by atoms with Gasteiger partial charge in [0.1, 0.15) is 0 Å². The van der Waals surface area contributed by atoms with Crippen molar-refractivity contribution >= 4 is 17.3 Å². The number of benzene rings is 1. The number of ether oxygens (including phenoxy) is 1. The number of carbonyl (C=O) groups is 1. The smallest absolute Gasteiger partial charge is 0.340 e. The second-order valence-corrected chi connectivity index (χ2v) is 5.32. The summed E-state index contributed by atoms with van der Waals surface area (Å²) in [7, 11) is 4.16. The van der Waals surface area contributed by atoms with Gasteiger partial charge in [0.25, 0.3) is 0 Å². The van der Waals surface area contributed by atoms with Crippen LogP contribution in [0.4, 0.5) is 11.4 Å². The lowest BCUT2D eigenvalue weighted by Crippen LogP contribution is -2.32. The molecule has 2 N–H and O–H groups in total. The third-order valence-electron chi connectivity index (χ3n) is 3.77. The van der Waals surface area contributed by atoms with E-state index >= 15 is 0 Å². The van der Waals surface area contributed by atoms with E-state index in [-0.39, 0.29) is 5.97 Å². The molecule has 0 aliphatic carbocycles. The van der Waals surface area contributed by atoms with Gasteiger partial charge in [0.2, 0.25) is 0 Å². The van der Waals surface area contributed by atoms with Crippen molar-refractivity contribution in [3.05, 3.63) is 23.8 Å². The minimum atomic E-state index is -0.303. The first-order valence-corrected chi connectivity index (χ1v) is 7.01. The summed E-state index contributed by atoms with van der Waals surface area (Å²) >= 11 is 0. The number of anilines is 2. The summed E-state index contributed by atoms with van der Waals surface area (Å²) in [5.41, 5.74) is 8.10. The van der Waals surface area contributed by atoms with Crippen LogP contribution in [0.2, 0.25) is 0 Å². The lowest BCUT2D eigenvalue weighted by molar-refractivity contribution is 0.0527. The number of nitrogens with two attached hydrogens (primary N) is 1. The first-order chi connectivity index (χ1) is 9.54. The number of hydrogen-bond acceptors (Lipinski definition) is 5. The van der Waals surface area contributed by atoms with Gasteiger partial charge in [0.15, 0.2) is 0 Å². The predicted octanol–water partition coefficient (Wildman–Crippen LogP) is 1.59. The van der Waals surface area contributed by atoms with E-state index in [9.17, 15) is 4.79 Å². The molecule has 1 saturated heterocycles. The molecule has 0 bridgehead atoms. The Morgan fingerprint density at radius 3 is 2.85 bits per heavy atom. The molecule has 0 radical (unpaired) electrons. The van der Waals surface area contributed by atoms with Gasteiger partial charge in [-0.1, -0.05) is 6.07 Å². The Morgan fingerprint density at radius 1 is 1.50 bits per heavy atom. The first kappa shape index (κ1) is 14.7. The van der Waals surface area contributed by atoms with Gasteiger partial charge in [-0.15, -0.1) is 0 Å². The molecule has 1 fully saturated rings. The highest BCUT2D eigenvalue weighted by Gasteiger charge is 2.28. The lowest BCUT2D eigenvalue weighted by Gasteiger charge is -2.24. The van der Waals surface area contributed by atoms with Crippen LogP contribution < -0.4 is 10.6 Å². The van der Waals surface area contributed by atoms with Crippen LogP contribution in [0.5, 0.6) is 0 Å². The first-order valence-electron chi connectivity index (χ1n) is 7.01. The summed E-state index contributed by atoms with van der Waals surface area (Å²) < 4.78 is 5.13. The number of hydrogen-bond donors (Lipinski definition) is 1. The minimum Gasteiger partial charge on any atom is -0.462 e. The predicted molar refractivity (Wildman–Crippen MR) is 81.1 cm³/mol. The quantitative estimate of drug-likeness (QED) is 0.669. The Balaban J connectivity index is 2.29. The van der Waals surface area contributed by atoms with Gasteiger partial charge < -0.3 is 20.3 Å². The molecule has 1 aromatic carbocycles. The molecular formula is C15H23N3O2. The van der Waals surface area contributed by atoms with Gasteiger partial charge in [-0.2, -0.15) is 0 Å². The number of carbonyl (C=O) groups excluding carboxylic acids is 1. The summed E-state index contributed by atoms with van der Waals surface area (Å²) in [5, 5.41) is 0. The Labute approximate surface area is 120 Å². The average molecular weight is 277 g/mol. The van der Waals surface area contributed by atoms with Gasteiger partial charge in [-0.05, 0) is 39.6 Å². The van der Waals surface area contributed by atoms with Crippen LogP contribution in [0.15, 0.2) is 18.2 Å². The van der Waals surface area contributed by atoms with Gasteiger partial charge >= 0.3 is 5.97 Å². The molecule has 20 heavy (non-hydrogen) atoms. The molecule has 1 heterocycles. The van der Waals surface area contributed by atoms with Crippen LogP contribution in [0.3, 0.4) is 0 Å². The molecule has 0 saturated carbocycles. The molecule has 1 aromatic rings. The average Bonchev–Trinajstić information content (AvgIpc) is 2.88. The van der Waals surface area contributed by atoms with Crippen LogP contribution in [0, 0.1) is 0 Å². The Hall–Kier alpha value is -1.75. The summed E-state index contributed by atoms with van der Waals surface area (Å²) in [5.74, 6) is -0.303. The molecule has 0 spiro atoms. The van der Waals surface area contributed by atoms with E-state index in [0.717, 1.165) is 25.2 Å². The van der Waals surface area contributed by atoms with Crippen molar-refractivity contribution in [2.45, 2.75) is 19.4 Å². The maximum absolute atomic E-state index is 12.1. The van der Waals surface area contributed by atoms with E-state index in [0.29, 0.717) is 23.9 Å². The van der Waals surface area contributed by atoms with Crippen molar-refractivity contribution in [1.82, 2.24) is 4.90 Å². The Morgan fingerprint density at radius 2 is 2.25 bits per heavy atom. The Kier molecular flexibility index (Phi) is 4.49. The van der Waals surface area contributed by atoms with E-state index < -0.39 is 0 Å². The molecule has 5 heteroatoms. The summed E-state index contributed by atoms with van der Waals surface area (Å²) in [6.07, 6.45) is 1.07. The number of rotatable bonds is 4. The van der Waals surface area contributed by atoms with E-state index in [1.54, 1.807) is 12.1 Å². The zero-order chi connectivity index (χ0) is 14.7. The molecule has 0 amide bonds.